The van der Waals surface area contributed by atoms with E-state index in [2.05, 4.69) is 4.74 Å². The van der Waals surface area contributed by atoms with Crippen LogP contribution >= 0.6 is 0 Å². The molecule has 0 amide bonds. The summed E-state index contributed by atoms with van der Waals surface area (Å²) in [5.41, 5.74) is 0. The first kappa shape index (κ1) is 10.4. The van der Waals surface area contributed by atoms with Crippen molar-refractivity contribution in [2.24, 2.45) is 0 Å². The number of ether oxygens (including phenoxy) is 1. The van der Waals surface area contributed by atoms with Crippen molar-refractivity contribution in [2.45, 2.75) is 30.7 Å². The first-order chi connectivity index (χ1) is 5.95. The molecule has 1 heterocycles. The SMILES string of the molecule is O=C(O)[C@H]1O[C@H](O)[C@@H](O)[C@H](O)[C@@H]1O. The molecule has 13 heavy (non-hydrogen) atoms. The molecule has 0 saturated carbocycles. The number of aliphatic hydroxyl groups is 4. The number of carbonyl (C=O) groups is 1. The van der Waals surface area contributed by atoms with Crippen molar-refractivity contribution >= 4 is 5.97 Å². The van der Waals surface area contributed by atoms with Gasteiger partial charge in [0.2, 0.25) is 0 Å². The zero-order valence-electron chi connectivity index (χ0n) is 6.44. The average Bonchev–Trinajstić information content (AvgIpc) is 2.07. The van der Waals surface area contributed by atoms with Crippen LogP contribution < -0.4 is 0 Å². The summed E-state index contributed by atoms with van der Waals surface area (Å²) in [5, 5.41) is 44.4. The Morgan fingerprint density at radius 3 is 2.00 bits per heavy atom. The van der Waals surface area contributed by atoms with E-state index in [1.807, 2.05) is 0 Å². The van der Waals surface area contributed by atoms with E-state index < -0.39 is 36.7 Å². The highest BCUT2D eigenvalue weighted by atomic mass is 16.6. The molecule has 5 N–H and O–H groups in total. The monoisotopic (exact) mass is 194 g/mol. The third-order valence-electron chi connectivity index (χ3n) is 1.83. The Morgan fingerprint density at radius 1 is 1.00 bits per heavy atom. The van der Waals surface area contributed by atoms with Crippen molar-refractivity contribution in [3.63, 3.8) is 0 Å². The van der Waals surface area contributed by atoms with Crippen LogP contribution in [-0.2, 0) is 9.53 Å². The molecule has 1 rings (SSSR count). The van der Waals surface area contributed by atoms with Gasteiger partial charge >= 0.3 is 5.97 Å². The van der Waals surface area contributed by atoms with Gasteiger partial charge in [0, 0.05) is 0 Å². The highest BCUT2D eigenvalue weighted by Gasteiger charge is 2.46. The molecular weight excluding hydrogens is 184 g/mol. The predicted molar refractivity (Wildman–Crippen MR) is 36.5 cm³/mol. The topological polar surface area (TPSA) is 127 Å². The summed E-state index contributed by atoms with van der Waals surface area (Å²) in [6, 6.07) is 0. The van der Waals surface area contributed by atoms with Crippen LogP contribution in [-0.4, -0.2) is 62.2 Å². The molecule has 1 aliphatic rings. The smallest absolute Gasteiger partial charge is 0.335 e. The lowest BCUT2D eigenvalue weighted by Gasteiger charge is -2.36. The number of carboxylic acids is 1. The van der Waals surface area contributed by atoms with Gasteiger partial charge in [-0.05, 0) is 0 Å². The molecule has 0 aliphatic carbocycles. The summed E-state index contributed by atoms with van der Waals surface area (Å²) < 4.78 is 4.34. The minimum atomic E-state index is -1.81. The van der Waals surface area contributed by atoms with E-state index in [-0.39, 0.29) is 0 Å². The van der Waals surface area contributed by atoms with Crippen LogP contribution in [0.15, 0.2) is 0 Å². The fraction of sp³-hybridized carbons (Fsp3) is 0.833. The van der Waals surface area contributed by atoms with Crippen LogP contribution in [0.5, 0.6) is 0 Å². The molecule has 0 radical (unpaired) electrons. The molecule has 76 valence electrons. The Labute approximate surface area is 72.8 Å². The zero-order chi connectivity index (χ0) is 10.2. The molecule has 0 aromatic carbocycles. The predicted octanol–water partition coefficient (Wildman–Crippen LogP) is -3.13. The van der Waals surface area contributed by atoms with Crippen molar-refractivity contribution in [2.75, 3.05) is 0 Å². The Balaban J connectivity index is 2.76. The first-order valence-electron chi connectivity index (χ1n) is 3.55. The summed E-state index contributed by atoms with van der Waals surface area (Å²) >= 11 is 0. The standard InChI is InChI=1S/C6H10O7/c7-1-2(8)4(5(10)11)13-6(12)3(1)9/h1-4,6-9,12H,(H,10,11)/t1-,2+,3+,4+,6+/m1/s1. The lowest BCUT2D eigenvalue weighted by atomic mass is 9.99. The van der Waals surface area contributed by atoms with Gasteiger partial charge in [-0.25, -0.2) is 4.79 Å². The molecule has 7 heteroatoms. The molecule has 0 spiro atoms. The number of carboxylic acid groups (broad SMARTS) is 1. The van der Waals surface area contributed by atoms with Crippen molar-refractivity contribution < 1.29 is 35.1 Å². The van der Waals surface area contributed by atoms with Crippen molar-refractivity contribution in [1.82, 2.24) is 0 Å². The average molecular weight is 194 g/mol. The van der Waals surface area contributed by atoms with Gasteiger partial charge < -0.3 is 30.3 Å². The summed E-state index contributed by atoms with van der Waals surface area (Å²) in [6.45, 7) is 0. The maximum Gasteiger partial charge on any atom is 0.335 e. The fourth-order valence-electron chi connectivity index (χ4n) is 1.07. The van der Waals surface area contributed by atoms with Crippen LogP contribution in [0.1, 0.15) is 0 Å². The third kappa shape index (κ3) is 1.79. The summed E-state index contributed by atoms with van der Waals surface area (Å²) in [7, 11) is 0. The Kier molecular flexibility index (Phi) is 2.84. The Bertz CT molecular complexity index is 205. The molecule has 0 bridgehead atoms. The molecule has 0 aromatic heterocycles. The van der Waals surface area contributed by atoms with Gasteiger partial charge in [-0.2, -0.15) is 0 Å². The second kappa shape index (κ2) is 3.56. The van der Waals surface area contributed by atoms with E-state index in [9.17, 15) is 4.79 Å². The number of aliphatic hydroxyl groups excluding tert-OH is 4. The molecular formula is C6H10O7. The lowest BCUT2D eigenvalue weighted by Crippen LogP contribution is -2.59. The van der Waals surface area contributed by atoms with Gasteiger partial charge in [-0.1, -0.05) is 0 Å². The second-order valence-corrected chi connectivity index (χ2v) is 2.76. The Hall–Kier alpha value is -0.730. The van der Waals surface area contributed by atoms with Gasteiger partial charge in [0.1, 0.15) is 18.3 Å². The largest absolute Gasteiger partial charge is 0.479 e. The number of hydrogen-bond acceptors (Lipinski definition) is 6. The van der Waals surface area contributed by atoms with Crippen LogP contribution in [0.4, 0.5) is 0 Å². The summed E-state index contributed by atoms with van der Waals surface area (Å²) in [6.07, 6.45) is -8.72. The maximum absolute atomic E-state index is 10.4. The third-order valence-corrected chi connectivity index (χ3v) is 1.83. The van der Waals surface area contributed by atoms with Crippen molar-refractivity contribution in [3.8, 4) is 0 Å². The van der Waals surface area contributed by atoms with Crippen molar-refractivity contribution in [3.05, 3.63) is 0 Å². The normalized spacial score (nSPS) is 46.0. The van der Waals surface area contributed by atoms with E-state index in [1.165, 1.54) is 0 Å². The van der Waals surface area contributed by atoms with E-state index in [4.69, 9.17) is 25.5 Å². The van der Waals surface area contributed by atoms with E-state index in [1.54, 1.807) is 0 Å². The highest BCUT2D eigenvalue weighted by molar-refractivity contribution is 5.73. The highest BCUT2D eigenvalue weighted by Crippen LogP contribution is 2.19. The fourth-order valence-corrected chi connectivity index (χ4v) is 1.07. The molecule has 1 saturated heterocycles. The minimum absolute atomic E-state index is 1.52. The van der Waals surface area contributed by atoms with Crippen LogP contribution in [0, 0.1) is 0 Å². The molecule has 0 unspecified atom stereocenters. The van der Waals surface area contributed by atoms with Gasteiger partial charge in [-0.3, -0.25) is 0 Å². The summed E-state index contributed by atoms with van der Waals surface area (Å²) in [5.74, 6) is -1.52. The Morgan fingerprint density at radius 2 is 1.54 bits per heavy atom. The van der Waals surface area contributed by atoms with Crippen LogP contribution in [0.3, 0.4) is 0 Å². The lowest BCUT2D eigenvalue weighted by molar-refractivity contribution is -0.279. The quantitative estimate of drug-likeness (QED) is 0.298. The van der Waals surface area contributed by atoms with Gasteiger partial charge in [0.25, 0.3) is 0 Å². The molecule has 1 fully saturated rings. The molecule has 1 aliphatic heterocycles. The molecule has 5 atom stereocenters. The second-order valence-electron chi connectivity index (χ2n) is 2.76. The van der Waals surface area contributed by atoms with Gasteiger partial charge in [0.05, 0.1) is 0 Å². The zero-order valence-corrected chi connectivity index (χ0v) is 6.44. The van der Waals surface area contributed by atoms with Crippen LogP contribution in [0.2, 0.25) is 0 Å². The first-order valence-corrected chi connectivity index (χ1v) is 3.55. The van der Waals surface area contributed by atoms with Gasteiger partial charge in [-0.15, -0.1) is 0 Å². The van der Waals surface area contributed by atoms with Gasteiger partial charge in [0.15, 0.2) is 12.4 Å². The van der Waals surface area contributed by atoms with E-state index in [0.29, 0.717) is 0 Å². The molecule has 0 aromatic rings. The summed E-state index contributed by atoms with van der Waals surface area (Å²) in [4.78, 5) is 10.4. The number of hydrogen-bond donors (Lipinski definition) is 5. The number of rotatable bonds is 1. The van der Waals surface area contributed by atoms with E-state index >= 15 is 0 Å². The number of aliphatic carboxylic acids is 1. The van der Waals surface area contributed by atoms with Crippen LogP contribution in [0.25, 0.3) is 0 Å². The minimum Gasteiger partial charge on any atom is -0.479 e. The van der Waals surface area contributed by atoms with Crippen molar-refractivity contribution in [1.29, 1.82) is 0 Å². The molecule has 7 nitrogen and oxygen atoms in total. The maximum atomic E-state index is 10.4. The van der Waals surface area contributed by atoms with E-state index in [0.717, 1.165) is 0 Å².